The number of imidazole rings is 1. The summed E-state index contributed by atoms with van der Waals surface area (Å²) in [5.41, 5.74) is 1.47. The van der Waals surface area contributed by atoms with E-state index >= 15 is 0 Å². The molecule has 4 aromatic rings. The lowest BCUT2D eigenvalue weighted by atomic mass is 9.45. The van der Waals surface area contributed by atoms with Crippen LogP contribution in [0.2, 0.25) is 5.02 Å². The van der Waals surface area contributed by atoms with Gasteiger partial charge < -0.3 is 19.9 Å². The number of aromatic nitrogens is 2. The molecule has 8 heteroatoms. The highest BCUT2D eigenvalue weighted by Gasteiger charge is 2.68. The lowest BCUT2D eigenvalue weighted by Gasteiger charge is -2.60. The summed E-state index contributed by atoms with van der Waals surface area (Å²) < 4.78 is 2.12. The highest BCUT2D eigenvalue weighted by atomic mass is 35.5. The molecule has 0 bridgehead atoms. The first-order valence-electron chi connectivity index (χ1n) is 18.1. The molecule has 3 saturated carbocycles. The third-order valence-corrected chi connectivity index (χ3v) is 13.5. The number of allylic oxidation sites excluding steroid dienone is 1. The van der Waals surface area contributed by atoms with Crippen molar-refractivity contribution in [1.82, 2.24) is 9.55 Å². The van der Waals surface area contributed by atoms with E-state index in [9.17, 15) is 24.9 Å². The van der Waals surface area contributed by atoms with Crippen LogP contribution in [-0.4, -0.2) is 54.7 Å². The smallest absolute Gasteiger partial charge is 0.190 e. The van der Waals surface area contributed by atoms with Gasteiger partial charge in [-0.1, -0.05) is 110 Å². The van der Waals surface area contributed by atoms with E-state index in [4.69, 9.17) is 11.6 Å². The molecular formula is C43H47ClN2O5. The number of benzene rings is 3. The van der Waals surface area contributed by atoms with Gasteiger partial charge in [-0.2, -0.15) is 0 Å². The molecule has 0 aliphatic heterocycles. The second-order valence-electron chi connectivity index (χ2n) is 15.4. The van der Waals surface area contributed by atoms with E-state index < -0.39 is 35.0 Å². The zero-order chi connectivity index (χ0) is 36.0. The molecule has 4 aliphatic carbocycles. The summed E-state index contributed by atoms with van der Waals surface area (Å²) >= 11 is 6.69. The first-order valence-corrected chi connectivity index (χ1v) is 18.5. The molecule has 3 N–H and O–H groups in total. The van der Waals surface area contributed by atoms with E-state index in [0.29, 0.717) is 19.3 Å². The van der Waals surface area contributed by atoms with Gasteiger partial charge in [0.1, 0.15) is 17.7 Å². The molecule has 266 valence electrons. The Bertz CT molecular complexity index is 1870. The van der Waals surface area contributed by atoms with E-state index in [-0.39, 0.29) is 29.0 Å². The lowest BCUT2D eigenvalue weighted by Crippen LogP contribution is -2.62. The molecule has 0 radical (unpaired) electrons. The Hall–Kier alpha value is -3.88. The van der Waals surface area contributed by atoms with Crippen molar-refractivity contribution < 1.29 is 24.9 Å². The molecule has 1 heterocycles. The third-order valence-electron chi connectivity index (χ3n) is 13.2. The number of Topliss-reactive ketones (excluding diaryl/α,β-unsaturated/α-hetero) is 1. The van der Waals surface area contributed by atoms with Gasteiger partial charge in [0.15, 0.2) is 11.6 Å². The second kappa shape index (κ2) is 13.6. The summed E-state index contributed by atoms with van der Waals surface area (Å²) in [6.45, 7) is 3.46. The number of ketones is 2. The predicted octanol–water partition coefficient (Wildman–Crippen LogP) is 7.16. The summed E-state index contributed by atoms with van der Waals surface area (Å²) in [6.07, 6.45) is 11.4. The first kappa shape index (κ1) is 35.5. The molecule has 7 nitrogen and oxygen atoms in total. The van der Waals surface area contributed by atoms with Gasteiger partial charge in [-0.3, -0.25) is 9.59 Å². The molecular weight excluding hydrogens is 660 g/mol. The predicted molar refractivity (Wildman–Crippen MR) is 197 cm³/mol. The molecule has 51 heavy (non-hydrogen) atoms. The molecule has 7 atom stereocenters. The molecule has 0 unspecified atom stereocenters. The van der Waals surface area contributed by atoms with Crippen LogP contribution in [0.15, 0.2) is 115 Å². The molecule has 1 aromatic heterocycles. The van der Waals surface area contributed by atoms with Gasteiger partial charge in [-0.25, -0.2) is 4.98 Å². The largest absolute Gasteiger partial charge is 0.393 e. The van der Waals surface area contributed by atoms with Crippen LogP contribution in [-0.2, 0) is 15.1 Å². The first-order chi connectivity index (χ1) is 24.5. The number of hydrogen-bond donors (Lipinski definition) is 3. The van der Waals surface area contributed by atoms with E-state index in [1.165, 1.54) is 5.57 Å². The van der Waals surface area contributed by atoms with Gasteiger partial charge in [0.25, 0.3) is 0 Å². The topological polar surface area (TPSA) is 113 Å². The second-order valence-corrected chi connectivity index (χ2v) is 15.9. The molecule has 3 aromatic carbocycles. The van der Waals surface area contributed by atoms with Crippen molar-refractivity contribution >= 4 is 23.2 Å². The van der Waals surface area contributed by atoms with Crippen LogP contribution in [0.5, 0.6) is 0 Å². The average Bonchev–Trinajstić information content (AvgIpc) is 3.77. The van der Waals surface area contributed by atoms with Crippen molar-refractivity contribution in [3.63, 3.8) is 0 Å². The van der Waals surface area contributed by atoms with Gasteiger partial charge in [0.2, 0.25) is 0 Å². The minimum Gasteiger partial charge on any atom is -0.393 e. The Morgan fingerprint density at radius 2 is 1.59 bits per heavy atom. The maximum Gasteiger partial charge on any atom is 0.190 e. The molecule has 4 aliphatic rings. The van der Waals surface area contributed by atoms with Crippen LogP contribution in [0.4, 0.5) is 0 Å². The van der Waals surface area contributed by atoms with E-state index in [0.717, 1.165) is 47.4 Å². The molecule has 8 rings (SSSR count). The minimum absolute atomic E-state index is 0.0697. The van der Waals surface area contributed by atoms with E-state index in [2.05, 4.69) is 71.1 Å². The number of rotatable bonds is 6. The maximum absolute atomic E-state index is 12.4. The van der Waals surface area contributed by atoms with Crippen LogP contribution in [0.3, 0.4) is 0 Å². The Kier molecular flexibility index (Phi) is 9.46. The van der Waals surface area contributed by atoms with Gasteiger partial charge in [-0.05, 0) is 85.0 Å². The van der Waals surface area contributed by atoms with Crippen LogP contribution in [0.1, 0.15) is 75.5 Å². The SMILES string of the molecule is C[C@]12CCC(=O)C=C1CC[C@@H]1[C@@H]2[C@@H](O)C[C@@]2(C)[C@H]1CC[C@]2(O)C(=O)CO.Clc1ccccc1C(c1ccccc1)(c1ccccc1)n1ccnc1. The van der Waals surface area contributed by atoms with Gasteiger partial charge in [-0.15, -0.1) is 0 Å². The van der Waals surface area contributed by atoms with Gasteiger partial charge in [0, 0.05) is 34.8 Å². The monoisotopic (exact) mass is 706 g/mol. The quantitative estimate of drug-likeness (QED) is 0.184. The van der Waals surface area contributed by atoms with Crippen molar-refractivity contribution in [2.24, 2.45) is 28.6 Å². The lowest BCUT2D eigenvalue weighted by molar-refractivity contribution is -0.182. The Balaban J connectivity index is 0.000000159. The molecule has 0 spiro atoms. The van der Waals surface area contributed by atoms with Crippen molar-refractivity contribution in [2.75, 3.05) is 6.61 Å². The number of nitrogens with zero attached hydrogens (tertiary/aromatic N) is 2. The average molecular weight is 707 g/mol. The van der Waals surface area contributed by atoms with Gasteiger partial charge >= 0.3 is 0 Å². The van der Waals surface area contributed by atoms with E-state index in [1.807, 2.05) is 49.8 Å². The number of hydrogen-bond acceptors (Lipinski definition) is 6. The fourth-order valence-corrected chi connectivity index (χ4v) is 11.0. The number of aliphatic hydroxyl groups is 3. The summed E-state index contributed by atoms with van der Waals surface area (Å²) in [4.78, 5) is 28.6. The third kappa shape index (κ3) is 5.56. The Morgan fingerprint density at radius 3 is 2.20 bits per heavy atom. The summed E-state index contributed by atoms with van der Waals surface area (Å²) in [7, 11) is 0. The fourth-order valence-electron chi connectivity index (χ4n) is 10.8. The summed E-state index contributed by atoms with van der Waals surface area (Å²) in [6, 6.07) is 28.8. The van der Waals surface area contributed by atoms with Crippen LogP contribution >= 0.6 is 11.6 Å². The summed E-state index contributed by atoms with van der Waals surface area (Å²) in [5, 5.41) is 32.5. The van der Waals surface area contributed by atoms with Crippen LogP contribution < -0.4 is 0 Å². The maximum atomic E-state index is 12.4. The molecule has 0 saturated heterocycles. The van der Waals surface area contributed by atoms with Crippen molar-refractivity contribution in [1.29, 1.82) is 0 Å². The number of aliphatic hydroxyl groups excluding tert-OH is 2. The summed E-state index contributed by atoms with van der Waals surface area (Å²) in [5.74, 6) is 0.140. The number of carbonyl (C=O) groups excluding carboxylic acids is 2. The Morgan fingerprint density at radius 1 is 0.941 bits per heavy atom. The van der Waals surface area contributed by atoms with Crippen LogP contribution in [0.25, 0.3) is 0 Å². The number of carbonyl (C=O) groups is 2. The van der Waals surface area contributed by atoms with Crippen molar-refractivity contribution in [2.45, 2.75) is 76.0 Å². The van der Waals surface area contributed by atoms with Crippen molar-refractivity contribution in [3.8, 4) is 0 Å². The minimum atomic E-state index is -1.54. The standard InChI is InChI=1S/C22H17ClN2.C21H30O5/c23-21-14-8-7-13-20(21)22(25-16-15-24-17-25,18-9-3-1-4-10-18)19-11-5-2-6-12-19;1-19-7-5-13(23)9-12(19)3-4-14-15-6-8-21(26,17(25)11-22)20(15,2)10-16(24)18(14)19/h1-17H;9,14-16,18,22,24,26H,3-8,10-11H2,1-2H3/t;14-,15-,16-,18+,19-,20-,21-/m.0/s1. The molecule has 3 fully saturated rings. The van der Waals surface area contributed by atoms with Crippen molar-refractivity contribution in [3.05, 3.63) is 137 Å². The zero-order valence-electron chi connectivity index (χ0n) is 29.3. The number of halogens is 1. The van der Waals surface area contributed by atoms with Crippen LogP contribution in [0, 0.1) is 28.6 Å². The highest BCUT2D eigenvalue weighted by Crippen LogP contribution is 2.67. The Labute approximate surface area is 305 Å². The van der Waals surface area contributed by atoms with E-state index in [1.54, 1.807) is 12.3 Å². The zero-order valence-corrected chi connectivity index (χ0v) is 30.0. The fraction of sp³-hybridized carbons (Fsp3) is 0.419. The highest BCUT2D eigenvalue weighted by molar-refractivity contribution is 6.31. The molecule has 0 amide bonds. The van der Waals surface area contributed by atoms with Gasteiger partial charge in [0.05, 0.1) is 12.4 Å². The normalized spacial score (nSPS) is 31.3. The number of fused-ring (bicyclic) bond motifs is 5.